The van der Waals surface area contributed by atoms with Crippen LogP contribution >= 0.6 is 11.6 Å². The Balaban J connectivity index is 0.000000359. The highest BCUT2D eigenvalue weighted by Crippen LogP contribution is 2.27. The molecule has 1 fully saturated rings. The summed E-state index contributed by atoms with van der Waals surface area (Å²) in [6.07, 6.45) is 11.6. The van der Waals surface area contributed by atoms with Crippen LogP contribution in [0.4, 0.5) is 5.95 Å². The molecule has 0 spiro atoms. The number of hydrogen-bond donors (Lipinski definition) is 1. The molecule has 1 aliphatic heterocycles. The third-order valence-corrected chi connectivity index (χ3v) is 5.24. The van der Waals surface area contributed by atoms with E-state index in [0.29, 0.717) is 10.9 Å². The Kier molecular flexibility index (Phi) is 5.76. The average Bonchev–Trinajstić information content (AvgIpc) is 3.42. The van der Waals surface area contributed by atoms with Gasteiger partial charge in [-0.3, -0.25) is 9.50 Å². The molecule has 29 heavy (non-hydrogen) atoms. The topological polar surface area (TPSA) is 75.0 Å². The molecule has 5 rings (SSSR count). The van der Waals surface area contributed by atoms with Gasteiger partial charge in [0.2, 0.25) is 5.95 Å². The second-order valence-corrected chi connectivity index (χ2v) is 7.82. The minimum Gasteiger partial charge on any atom is -0.341 e. The first-order valence-corrected chi connectivity index (χ1v) is 10.1. The summed E-state index contributed by atoms with van der Waals surface area (Å²) >= 11 is 6.15. The van der Waals surface area contributed by atoms with Gasteiger partial charge in [-0.15, -0.1) is 0 Å². The molecule has 5 heterocycles. The molecule has 1 atom stereocenters. The maximum Gasteiger partial charge on any atom is 0.225 e. The molecule has 0 amide bonds. The highest BCUT2D eigenvalue weighted by Gasteiger charge is 2.20. The van der Waals surface area contributed by atoms with Gasteiger partial charge in [0.1, 0.15) is 5.65 Å². The second kappa shape index (κ2) is 8.61. The summed E-state index contributed by atoms with van der Waals surface area (Å²) in [4.78, 5) is 16.2. The number of anilines is 1. The molecule has 1 unspecified atom stereocenters. The van der Waals surface area contributed by atoms with E-state index in [-0.39, 0.29) is 0 Å². The van der Waals surface area contributed by atoms with Crippen LogP contribution in [0.3, 0.4) is 0 Å². The first kappa shape index (κ1) is 19.4. The van der Waals surface area contributed by atoms with E-state index in [1.165, 1.54) is 12.8 Å². The van der Waals surface area contributed by atoms with Crippen molar-refractivity contribution in [1.82, 2.24) is 29.5 Å². The fourth-order valence-corrected chi connectivity index (χ4v) is 3.72. The van der Waals surface area contributed by atoms with E-state index < -0.39 is 0 Å². The standard InChI is InChI=1S/C18H20ClN5.C3H4N2/c1-12-4-3-7-23(10-12)18-21-8-13(2)17(22-18)15-9-20-16-6-5-14(19)11-24(15)16;1-2-4-5-3-1/h5-6,8-9,11-12H,3-4,7,10H2,1-2H3;1-3H,(H,4,5). The van der Waals surface area contributed by atoms with Gasteiger partial charge in [-0.05, 0) is 49.4 Å². The molecule has 1 saturated heterocycles. The minimum absolute atomic E-state index is 0.679. The molecule has 150 valence electrons. The Morgan fingerprint density at radius 2 is 2.10 bits per heavy atom. The monoisotopic (exact) mass is 409 g/mol. The summed E-state index contributed by atoms with van der Waals surface area (Å²) in [6.45, 7) is 6.35. The van der Waals surface area contributed by atoms with Gasteiger partial charge in [0.15, 0.2) is 0 Å². The van der Waals surface area contributed by atoms with Gasteiger partial charge < -0.3 is 4.90 Å². The number of aryl methyl sites for hydroxylation is 1. The highest BCUT2D eigenvalue weighted by molar-refractivity contribution is 6.30. The number of nitrogens with zero attached hydrogens (tertiary/aromatic N) is 6. The first-order valence-electron chi connectivity index (χ1n) is 9.77. The van der Waals surface area contributed by atoms with E-state index in [2.05, 4.69) is 32.0 Å². The Morgan fingerprint density at radius 1 is 1.21 bits per heavy atom. The minimum atomic E-state index is 0.679. The summed E-state index contributed by atoms with van der Waals surface area (Å²) < 4.78 is 1.99. The molecule has 0 saturated carbocycles. The predicted molar refractivity (Wildman–Crippen MR) is 115 cm³/mol. The van der Waals surface area contributed by atoms with Crippen molar-refractivity contribution in [3.63, 3.8) is 0 Å². The van der Waals surface area contributed by atoms with E-state index in [9.17, 15) is 0 Å². The van der Waals surface area contributed by atoms with Crippen LogP contribution in [0.1, 0.15) is 25.3 Å². The zero-order valence-electron chi connectivity index (χ0n) is 16.6. The lowest BCUT2D eigenvalue weighted by Crippen LogP contribution is -2.35. The van der Waals surface area contributed by atoms with Crippen LogP contribution < -0.4 is 4.90 Å². The Labute approximate surface area is 174 Å². The summed E-state index contributed by atoms with van der Waals surface area (Å²) in [5, 5.41) is 6.89. The third kappa shape index (κ3) is 4.40. The van der Waals surface area contributed by atoms with Crippen LogP contribution in [0.25, 0.3) is 17.0 Å². The number of rotatable bonds is 2. The number of hydrogen-bond acceptors (Lipinski definition) is 5. The van der Waals surface area contributed by atoms with E-state index >= 15 is 0 Å². The number of aromatic amines is 1. The smallest absolute Gasteiger partial charge is 0.225 e. The van der Waals surface area contributed by atoms with Gasteiger partial charge in [0, 0.05) is 37.9 Å². The molecular weight excluding hydrogens is 386 g/mol. The quantitative estimate of drug-likeness (QED) is 0.531. The summed E-state index contributed by atoms with van der Waals surface area (Å²) in [5.41, 5.74) is 3.75. The first-order chi connectivity index (χ1) is 14.1. The van der Waals surface area contributed by atoms with Crippen molar-refractivity contribution in [2.45, 2.75) is 26.7 Å². The fraction of sp³-hybridized carbons (Fsp3) is 0.333. The third-order valence-electron chi connectivity index (χ3n) is 5.02. The second-order valence-electron chi connectivity index (χ2n) is 7.38. The summed E-state index contributed by atoms with van der Waals surface area (Å²) in [5.74, 6) is 1.49. The van der Waals surface area contributed by atoms with Crippen LogP contribution in [-0.4, -0.2) is 42.6 Å². The van der Waals surface area contributed by atoms with Gasteiger partial charge >= 0.3 is 0 Å². The predicted octanol–water partition coefficient (Wildman–Crippen LogP) is 4.40. The van der Waals surface area contributed by atoms with Crippen LogP contribution in [0, 0.1) is 12.8 Å². The average molecular weight is 410 g/mol. The molecular formula is C21H24ClN7. The molecule has 1 aliphatic rings. The Hall–Kier alpha value is -2.93. The number of H-pyrrole nitrogens is 1. The van der Waals surface area contributed by atoms with Gasteiger partial charge in [-0.1, -0.05) is 18.5 Å². The number of imidazole rings is 1. The van der Waals surface area contributed by atoms with Crippen molar-refractivity contribution in [2.24, 2.45) is 5.92 Å². The number of aromatic nitrogens is 6. The Bertz CT molecular complexity index is 1060. The van der Waals surface area contributed by atoms with E-state index in [1.807, 2.05) is 48.1 Å². The van der Waals surface area contributed by atoms with Crippen LogP contribution in [0.15, 0.2) is 49.2 Å². The van der Waals surface area contributed by atoms with Crippen molar-refractivity contribution in [3.05, 3.63) is 59.8 Å². The molecule has 0 radical (unpaired) electrons. The summed E-state index contributed by atoms with van der Waals surface area (Å²) in [6, 6.07) is 5.59. The lowest BCUT2D eigenvalue weighted by atomic mass is 10.0. The van der Waals surface area contributed by atoms with Crippen LogP contribution in [0.5, 0.6) is 0 Å². The van der Waals surface area contributed by atoms with Crippen molar-refractivity contribution in [2.75, 3.05) is 18.0 Å². The van der Waals surface area contributed by atoms with Crippen molar-refractivity contribution < 1.29 is 0 Å². The molecule has 7 nitrogen and oxygen atoms in total. The molecule has 8 heteroatoms. The zero-order valence-corrected chi connectivity index (χ0v) is 17.3. The van der Waals surface area contributed by atoms with Gasteiger partial charge in [-0.25, -0.2) is 15.0 Å². The maximum absolute atomic E-state index is 6.15. The van der Waals surface area contributed by atoms with Crippen molar-refractivity contribution >= 4 is 23.2 Å². The highest BCUT2D eigenvalue weighted by atomic mass is 35.5. The van der Waals surface area contributed by atoms with Crippen molar-refractivity contribution in [1.29, 1.82) is 0 Å². The molecule has 1 N–H and O–H groups in total. The zero-order chi connectivity index (χ0) is 20.2. The largest absolute Gasteiger partial charge is 0.341 e. The number of piperidine rings is 1. The lowest BCUT2D eigenvalue weighted by molar-refractivity contribution is 0.442. The molecule has 0 aliphatic carbocycles. The number of fused-ring (bicyclic) bond motifs is 1. The van der Waals surface area contributed by atoms with E-state index in [0.717, 1.165) is 41.6 Å². The van der Waals surface area contributed by atoms with E-state index in [1.54, 1.807) is 12.4 Å². The fourth-order valence-electron chi connectivity index (χ4n) is 3.56. The normalized spacial score (nSPS) is 16.5. The number of pyridine rings is 1. The van der Waals surface area contributed by atoms with Crippen LogP contribution in [-0.2, 0) is 0 Å². The molecule has 0 aromatic carbocycles. The summed E-state index contributed by atoms with van der Waals surface area (Å²) in [7, 11) is 0. The van der Waals surface area contributed by atoms with Gasteiger partial charge in [0.05, 0.1) is 22.6 Å². The maximum atomic E-state index is 6.15. The molecule has 0 bridgehead atoms. The van der Waals surface area contributed by atoms with Gasteiger partial charge in [0.25, 0.3) is 0 Å². The number of nitrogens with one attached hydrogen (secondary N) is 1. The van der Waals surface area contributed by atoms with Crippen LogP contribution in [0.2, 0.25) is 5.02 Å². The SMILES string of the molecule is Cc1cnc(N2CCCC(C)C2)nc1-c1cnc2ccc(Cl)cn12.c1cn[nH]c1. The lowest BCUT2D eigenvalue weighted by Gasteiger charge is -2.31. The van der Waals surface area contributed by atoms with Gasteiger partial charge in [-0.2, -0.15) is 5.10 Å². The van der Waals surface area contributed by atoms with Crippen molar-refractivity contribution in [3.8, 4) is 11.4 Å². The molecule has 4 aromatic heterocycles. The number of halogens is 1. The molecule has 4 aromatic rings. The Morgan fingerprint density at radius 3 is 2.83 bits per heavy atom. The van der Waals surface area contributed by atoms with E-state index in [4.69, 9.17) is 16.6 Å².